The molecule has 0 saturated carbocycles. The van der Waals surface area contributed by atoms with Gasteiger partial charge < -0.3 is 0 Å². The van der Waals surface area contributed by atoms with Crippen LogP contribution in [0.3, 0.4) is 0 Å². The van der Waals surface area contributed by atoms with Gasteiger partial charge in [0, 0.05) is 18.0 Å². The van der Waals surface area contributed by atoms with Gasteiger partial charge in [-0.25, -0.2) is 5.43 Å². The molecule has 2 rings (SSSR count). The van der Waals surface area contributed by atoms with Gasteiger partial charge in [-0.3, -0.25) is 9.78 Å². The van der Waals surface area contributed by atoms with E-state index < -0.39 is 5.91 Å². The number of hydrogen-bond donors (Lipinski definition) is 1. The largest absolute Gasteiger partial charge is 0.274 e. The van der Waals surface area contributed by atoms with E-state index in [9.17, 15) is 4.79 Å². The smallest absolute Gasteiger partial charge is 0.267 e. The number of halogens is 2. The molecule has 6 heteroatoms. The lowest BCUT2D eigenvalue weighted by Gasteiger charge is -2.04. The van der Waals surface area contributed by atoms with Crippen molar-refractivity contribution in [2.75, 3.05) is 0 Å². The molecular weight excluding hydrogens is 285 g/mol. The Morgan fingerprint density at radius 1 is 1.21 bits per heavy atom. The first-order valence-corrected chi connectivity index (χ1v) is 6.11. The zero-order valence-electron chi connectivity index (χ0n) is 9.68. The molecule has 0 saturated heterocycles. The van der Waals surface area contributed by atoms with Crippen LogP contribution in [0, 0.1) is 0 Å². The molecule has 0 bridgehead atoms. The summed E-state index contributed by atoms with van der Waals surface area (Å²) in [5, 5.41) is 4.38. The third kappa shape index (κ3) is 3.53. The lowest BCUT2D eigenvalue weighted by atomic mass is 10.2. The van der Waals surface area contributed by atoms with Crippen molar-refractivity contribution in [2.45, 2.75) is 0 Å². The van der Waals surface area contributed by atoms with Crippen molar-refractivity contribution in [2.24, 2.45) is 5.10 Å². The number of rotatable bonds is 3. The normalized spacial score (nSPS) is 10.6. The Labute approximate surface area is 120 Å². The summed E-state index contributed by atoms with van der Waals surface area (Å²) in [6, 6.07) is 8.43. The fraction of sp³-hybridized carbons (Fsp3) is 0. The fourth-order valence-corrected chi connectivity index (χ4v) is 1.96. The fourth-order valence-electron chi connectivity index (χ4n) is 1.39. The molecule has 0 fully saturated rings. The molecule has 1 N–H and O–H groups in total. The summed E-state index contributed by atoms with van der Waals surface area (Å²) in [5.74, 6) is -0.462. The van der Waals surface area contributed by atoms with Crippen molar-refractivity contribution in [3.63, 3.8) is 0 Å². The minimum absolute atomic E-state index is 0.203. The highest BCUT2D eigenvalue weighted by Gasteiger charge is 2.13. The predicted molar refractivity (Wildman–Crippen MR) is 75.8 cm³/mol. The van der Waals surface area contributed by atoms with E-state index >= 15 is 0 Å². The van der Waals surface area contributed by atoms with Crippen LogP contribution < -0.4 is 5.43 Å². The number of carbonyl (C=O) groups is 1. The molecule has 0 atom stereocenters. The molecule has 0 radical (unpaired) electrons. The van der Waals surface area contributed by atoms with E-state index in [0.717, 1.165) is 5.56 Å². The van der Waals surface area contributed by atoms with E-state index in [1.54, 1.807) is 36.7 Å². The number of pyridine rings is 1. The maximum absolute atomic E-state index is 11.9. The molecular formula is C13H9Cl2N3O. The Kier molecular flexibility index (Phi) is 4.49. The molecule has 2 aromatic rings. The van der Waals surface area contributed by atoms with Gasteiger partial charge in [0.2, 0.25) is 0 Å². The van der Waals surface area contributed by atoms with Crippen LogP contribution in [0.25, 0.3) is 0 Å². The Balaban J connectivity index is 2.08. The Morgan fingerprint density at radius 2 is 1.95 bits per heavy atom. The molecule has 0 spiro atoms. The average molecular weight is 294 g/mol. The zero-order chi connectivity index (χ0) is 13.7. The van der Waals surface area contributed by atoms with Crippen molar-refractivity contribution in [3.05, 3.63) is 63.9 Å². The van der Waals surface area contributed by atoms with Gasteiger partial charge in [-0.05, 0) is 18.2 Å². The first kappa shape index (κ1) is 13.5. The van der Waals surface area contributed by atoms with Crippen LogP contribution in [0.15, 0.2) is 47.8 Å². The second-order valence-electron chi connectivity index (χ2n) is 3.58. The van der Waals surface area contributed by atoms with Crippen LogP contribution in [0.5, 0.6) is 0 Å². The molecule has 0 unspecified atom stereocenters. The molecule has 1 aromatic carbocycles. The topological polar surface area (TPSA) is 54.4 Å². The van der Waals surface area contributed by atoms with Gasteiger partial charge in [0.25, 0.3) is 5.91 Å². The van der Waals surface area contributed by atoms with Crippen LogP contribution in [0.2, 0.25) is 10.0 Å². The Hall–Kier alpha value is -1.91. The first-order valence-electron chi connectivity index (χ1n) is 5.36. The minimum atomic E-state index is -0.462. The van der Waals surface area contributed by atoms with E-state index in [0.29, 0.717) is 0 Å². The van der Waals surface area contributed by atoms with Crippen LogP contribution in [-0.2, 0) is 0 Å². The summed E-state index contributed by atoms with van der Waals surface area (Å²) in [7, 11) is 0. The molecule has 19 heavy (non-hydrogen) atoms. The molecule has 4 nitrogen and oxygen atoms in total. The Bertz CT molecular complexity index is 594. The third-order valence-corrected chi connectivity index (χ3v) is 2.88. The summed E-state index contributed by atoms with van der Waals surface area (Å²) in [4.78, 5) is 15.8. The third-order valence-electron chi connectivity index (χ3n) is 2.25. The highest BCUT2D eigenvalue weighted by atomic mass is 35.5. The lowest BCUT2D eigenvalue weighted by molar-refractivity contribution is 0.0955. The maximum Gasteiger partial charge on any atom is 0.274 e. The summed E-state index contributed by atoms with van der Waals surface area (Å²) in [5.41, 5.74) is 3.34. The number of hydrogen-bond acceptors (Lipinski definition) is 3. The van der Waals surface area contributed by atoms with E-state index in [4.69, 9.17) is 23.2 Å². The second-order valence-corrected chi connectivity index (χ2v) is 4.40. The number of amides is 1. The monoisotopic (exact) mass is 293 g/mol. The van der Waals surface area contributed by atoms with Crippen LogP contribution >= 0.6 is 23.2 Å². The predicted octanol–water partition coefficient (Wildman–Crippen LogP) is 3.15. The van der Waals surface area contributed by atoms with Crippen LogP contribution in [-0.4, -0.2) is 17.1 Å². The summed E-state index contributed by atoms with van der Waals surface area (Å²) in [6.07, 6.45) is 4.76. The van der Waals surface area contributed by atoms with Crippen molar-refractivity contribution >= 4 is 35.3 Å². The van der Waals surface area contributed by atoms with Crippen molar-refractivity contribution in [1.82, 2.24) is 10.4 Å². The molecule has 1 heterocycles. The molecule has 96 valence electrons. The second kappa shape index (κ2) is 6.31. The van der Waals surface area contributed by atoms with Gasteiger partial charge in [-0.15, -0.1) is 0 Å². The van der Waals surface area contributed by atoms with E-state index in [2.05, 4.69) is 15.5 Å². The quantitative estimate of drug-likeness (QED) is 0.698. The summed E-state index contributed by atoms with van der Waals surface area (Å²) < 4.78 is 0. The number of nitrogens with one attached hydrogen (secondary N) is 1. The highest BCUT2D eigenvalue weighted by molar-refractivity contribution is 6.39. The molecule has 0 aliphatic rings. The number of hydrazone groups is 1. The van der Waals surface area contributed by atoms with Gasteiger partial charge in [-0.2, -0.15) is 5.10 Å². The molecule has 1 aromatic heterocycles. The van der Waals surface area contributed by atoms with E-state index in [-0.39, 0.29) is 15.6 Å². The minimum Gasteiger partial charge on any atom is -0.267 e. The standard InChI is InChI=1S/C13H9Cl2N3O/c14-10-4-1-5-11(15)12(10)13(19)18-17-8-9-3-2-6-16-7-9/h1-8H,(H,18,19). The number of nitrogens with zero attached hydrogens (tertiary/aromatic N) is 2. The van der Waals surface area contributed by atoms with E-state index in [1.165, 1.54) is 6.21 Å². The number of carbonyl (C=O) groups excluding carboxylic acids is 1. The van der Waals surface area contributed by atoms with Crippen LogP contribution in [0.4, 0.5) is 0 Å². The summed E-state index contributed by atoms with van der Waals surface area (Å²) in [6.45, 7) is 0. The van der Waals surface area contributed by atoms with E-state index in [1.807, 2.05) is 6.07 Å². The number of benzene rings is 1. The van der Waals surface area contributed by atoms with Gasteiger partial charge in [0.15, 0.2) is 0 Å². The average Bonchev–Trinajstić information content (AvgIpc) is 2.40. The zero-order valence-corrected chi connectivity index (χ0v) is 11.2. The summed E-state index contributed by atoms with van der Waals surface area (Å²) >= 11 is 11.8. The molecule has 1 amide bonds. The van der Waals surface area contributed by atoms with Gasteiger partial charge in [-0.1, -0.05) is 35.3 Å². The van der Waals surface area contributed by atoms with Gasteiger partial charge in [0.1, 0.15) is 0 Å². The lowest BCUT2D eigenvalue weighted by Crippen LogP contribution is -2.18. The van der Waals surface area contributed by atoms with Crippen molar-refractivity contribution in [3.8, 4) is 0 Å². The molecule has 0 aliphatic carbocycles. The molecule has 0 aliphatic heterocycles. The highest BCUT2D eigenvalue weighted by Crippen LogP contribution is 2.23. The van der Waals surface area contributed by atoms with Crippen molar-refractivity contribution in [1.29, 1.82) is 0 Å². The van der Waals surface area contributed by atoms with Gasteiger partial charge >= 0.3 is 0 Å². The first-order chi connectivity index (χ1) is 9.18. The van der Waals surface area contributed by atoms with Gasteiger partial charge in [0.05, 0.1) is 21.8 Å². The Morgan fingerprint density at radius 3 is 2.58 bits per heavy atom. The SMILES string of the molecule is O=C(NN=Cc1cccnc1)c1c(Cl)cccc1Cl. The van der Waals surface area contributed by atoms with Crippen LogP contribution in [0.1, 0.15) is 15.9 Å². The van der Waals surface area contributed by atoms with Crippen molar-refractivity contribution < 1.29 is 4.79 Å². The number of aromatic nitrogens is 1. The maximum atomic E-state index is 11.9.